The quantitative estimate of drug-likeness (QED) is 0.824. The molecule has 0 bridgehead atoms. The maximum absolute atomic E-state index is 4.30. The summed E-state index contributed by atoms with van der Waals surface area (Å²) in [6, 6.07) is 0.448. The molecule has 2 N–H and O–H groups in total. The normalized spacial score (nSPS) is 27.9. The molecule has 90 valence electrons. The third-order valence-corrected chi connectivity index (χ3v) is 3.82. The zero-order chi connectivity index (χ0) is 11.5. The molecule has 1 saturated carbocycles. The fourth-order valence-corrected chi connectivity index (χ4v) is 3.03. The highest BCUT2D eigenvalue weighted by atomic mass is 15.0. The fourth-order valence-electron chi connectivity index (χ4n) is 3.03. The lowest BCUT2D eigenvalue weighted by Crippen LogP contribution is -2.29. The first kappa shape index (κ1) is 11.6. The number of H-pyrrole nitrogens is 1. The number of rotatable bonds is 3. The summed E-state index contributed by atoms with van der Waals surface area (Å²) in [5.41, 5.74) is 1.25. The summed E-state index contributed by atoms with van der Waals surface area (Å²) in [5.74, 6) is 2.64. The van der Waals surface area contributed by atoms with Crippen molar-refractivity contribution in [3.8, 4) is 0 Å². The van der Waals surface area contributed by atoms with Gasteiger partial charge >= 0.3 is 0 Å². The standard InChI is InChI=1S/C13H23N3/c1-9-5-4-6-11(7-9)13(14-3)12-8-15-10(2)16-12/h8-9,11,13-14H,4-7H2,1-3H3,(H,15,16). The Kier molecular flexibility index (Phi) is 3.64. The molecule has 3 nitrogen and oxygen atoms in total. The van der Waals surface area contributed by atoms with Crippen molar-refractivity contribution in [3.63, 3.8) is 0 Å². The molecule has 1 heterocycles. The van der Waals surface area contributed by atoms with Gasteiger partial charge in [0, 0.05) is 6.20 Å². The van der Waals surface area contributed by atoms with Crippen LogP contribution in [0.4, 0.5) is 0 Å². The van der Waals surface area contributed by atoms with E-state index in [1.54, 1.807) is 0 Å². The Morgan fingerprint density at radius 3 is 2.88 bits per heavy atom. The molecule has 1 aliphatic carbocycles. The topological polar surface area (TPSA) is 40.7 Å². The monoisotopic (exact) mass is 221 g/mol. The molecular weight excluding hydrogens is 198 g/mol. The van der Waals surface area contributed by atoms with Gasteiger partial charge in [-0.05, 0) is 38.6 Å². The van der Waals surface area contributed by atoms with Gasteiger partial charge in [-0.2, -0.15) is 0 Å². The predicted octanol–water partition coefficient (Wildman–Crippen LogP) is 2.80. The number of aryl methyl sites for hydroxylation is 1. The van der Waals surface area contributed by atoms with E-state index < -0.39 is 0 Å². The van der Waals surface area contributed by atoms with Crippen LogP contribution in [0.15, 0.2) is 6.20 Å². The lowest BCUT2D eigenvalue weighted by Gasteiger charge is -2.32. The fraction of sp³-hybridized carbons (Fsp3) is 0.769. The first-order valence-electron chi connectivity index (χ1n) is 6.39. The highest BCUT2D eigenvalue weighted by Crippen LogP contribution is 2.36. The molecule has 3 heteroatoms. The minimum Gasteiger partial charge on any atom is -0.345 e. The summed E-state index contributed by atoms with van der Waals surface area (Å²) in [4.78, 5) is 7.67. The third-order valence-electron chi connectivity index (χ3n) is 3.82. The molecule has 0 radical (unpaired) electrons. The summed E-state index contributed by atoms with van der Waals surface area (Å²) in [5, 5.41) is 3.45. The van der Waals surface area contributed by atoms with Gasteiger partial charge in [-0.3, -0.25) is 0 Å². The van der Waals surface area contributed by atoms with Gasteiger partial charge in [-0.25, -0.2) is 4.98 Å². The molecule has 16 heavy (non-hydrogen) atoms. The van der Waals surface area contributed by atoms with Crippen molar-refractivity contribution >= 4 is 0 Å². The van der Waals surface area contributed by atoms with Crippen LogP contribution in [0.25, 0.3) is 0 Å². The molecule has 0 saturated heterocycles. The Morgan fingerprint density at radius 1 is 1.50 bits per heavy atom. The number of aromatic amines is 1. The highest BCUT2D eigenvalue weighted by Gasteiger charge is 2.27. The molecular formula is C13H23N3. The predicted molar refractivity (Wildman–Crippen MR) is 66.2 cm³/mol. The number of nitrogens with zero attached hydrogens (tertiary/aromatic N) is 1. The average molecular weight is 221 g/mol. The molecule has 0 aromatic carbocycles. The number of hydrogen-bond acceptors (Lipinski definition) is 2. The van der Waals surface area contributed by atoms with E-state index in [0.717, 1.165) is 17.7 Å². The van der Waals surface area contributed by atoms with Crippen LogP contribution in [0.1, 0.15) is 50.2 Å². The minimum atomic E-state index is 0.448. The lowest BCUT2D eigenvalue weighted by molar-refractivity contribution is 0.227. The third kappa shape index (κ3) is 2.46. The van der Waals surface area contributed by atoms with Crippen LogP contribution in [0.5, 0.6) is 0 Å². The summed E-state index contributed by atoms with van der Waals surface area (Å²) in [7, 11) is 2.06. The average Bonchev–Trinajstić information content (AvgIpc) is 2.66. The van der Waals surface area contributed by atoms with E-state index in [1.807, 2.05) is 13.1 Å². The van der Waals surface area contributed by atoms with Gasteiger partial charge in [0.2, 0.25) is 0 Å². The highest BCUT2D eigenvalue weighted by molar-refractivity contribution is 5.08. The summed E-state index contributed by atoms with van der Waals surface area (Å²) >= 11 is 0. The van der Waals surface area contributed by atoms with Crippen molar-refractivity contribution in [2.75, 3.05) is 7.05 Å². The minimum absolute atomic E-state index is 0.448. The summed E-state index contributed by atoms with van der Waals surface area (Å²) in [6.07, 6.45) is 7.43. The van der Waals surface area contributed by atoms with Gasteiger partial charge in [-0.15, -0.1) is 0 Å². The number of aromatic nitrogens is 2. The molecule has 0 amide bonds. The van der Waals surface area contributed by atoms with Crippen LogP contribution in [0, 0.1) is 18.8 Å². The first-order chi connectivity index (χ1) is 7.70. The van der Waals surface area contributed by atoms with Crippen molar-refractivity contribution < 1.29 is 0 Å². The van der Waals surface area contributed by atoms with Crippen LogP contribution in [-0.2, 0) is 0 Å². The smallest absolute Gasteiger partial charge is 0.103 e. The summed E-state index contributed by atoms with van der Waals surface area (Å²) in [6.45, 7) is 4.39. The van der Waals surface area contributed by atoms with Crippen LogP contribution in [-0.4, -0.2) is 17.0 Å². The van der Waals surface area contributed by atoms with Crippen molar-refractivity contribution in [1.82, 2.24) is 15.3 Å². The van der Waals surface area contributed by atoms with Gasteiger partial charge in [0.15, 0.2) is 0 Å². The van der Waals surface area contributed by atoms with Crippen LogP contribution in [0.2, 0.25) is 0 Å². The Morgan fingerprint density at radius 2 is 2.31 bits per heavy atom. The van der Waals surface area contributed by atoms with Crippen molar-refractivity contribution in [1.29, 1.82) is 0 Å². The van der Waals surface area contributed by atoms with Crippen LogP contribution in [0.3, 0.4) is 0 Å². The molecule has 0 aliphatic heterocycles. The Hall–Kier alpha value is -0.830. The van der Waals surface area contributed by atoms with Crippen LogP contribution >= 0.6 is 0 Å². The second-order valence-electron chi connectivity index (χ2n) is 5.22. The Balaban J connectivity index is 2.09. The van der Waals surface area contributed by atoms with Crippen LogP contribution < -0.4 is 5.32 Å². The Bertz CT molecular complexity index is 332. The van der Waals surface area contributed by atoms with Crippen molar-refractivity contribution in [3.05, 3.63) is 17.7 Å². The molecule has 1 fully saturated rings. The van der Waals surface area contributed by atoms with E-state index >= 15 is 0 Å². The summed E-state index contributed by atoms with van der Waals surface area (Å²) < 4.78 is 0. The van der Waals surface area contributed by atoms with E-state index in [-0.39, 0.29) is 0 Å². The van der Waals surface area contributed by atoms with Gasteiger partial charge < -0.3 is 10.3 Å². The van der Waals surface area contributed by atoms with Gasteiger partial charge in [0.25, 0.3) is 0 Å². The van der Waals surface area contributed by atoms with Gasteiger partial charge in [0.1, 0.15) is 5.82 Å². The van der Waals surface area contributed by atoms with Gasteiger partial charge in [-0.1, -0.05) is 19.8 Å². The molecule has 1 aromatic rings. The van der Waals surface area contributed by atoms with E-state index in [2.05, 4.69) is 29.3 Å². The molecule has 2 rings (SSSR count). The maximum Gasteiger partial charge on any atom is 0.103 e. The van der Waals surface area contributed by atoms with Crippen molar-refractivity contribution in [2.24, 2.45) is 11.8 Å². The largest absolute Gasteiger partial charge is 0.345 e. The number of hydrogen-bond donors (Lipinski definition) is 2. The molecule has 0 spiro atoms. The maximum atomic E-state index is 4.30. The van der Waals surface area contributed by atoms with E-state index in [0.29, 0.717) is 6.04 Å². The van der Waals surface area contributed by atoms with Gasteiger partial charge in [0.05, 0.1) is 11.7 Å². The molecule has 3 atom stereocenters. The first-order valence-corrected chi connectivity index (χ1v) is 6.39. The van der Waals surface area contributed by atoms with E-state index in [9.17, 15) is 0 Å². The number of imidazole rings is 1. The second kappa shape index (κ2) is 5.00. The zero-order valence-corrected chi connectivity index (χ0v) is 10.6. The zero-order valence-electron chi connectivity index (χ0n) is 10.6. The Labute approximate surface area is 98.1 Å². The van der Waals surface area contributed by atoms with Crippen molar-refractivity contribution in [2.45, 2.75) is 45.6 Å². The number of nitrogens with one attached hydrogen (secondary N) is 2. The molecule has 1 aliphatic rings. The molecule has 1 aromatic heterocycles. The second-order valence-corrected chi connectivity index (χ2v) is 5.22. The SMILES string of the molecule is CNC(c1cnc(C)[nH]1)C1CCCC(C)C1. The lowest BCUT2D eigenvalue weighted by atomic mass is 9.78. The van der Waals surface area contributed by atoms with E-state index in [1.165, 1.54) is 31.4 Å². The van der Waals surface area contributed by atoms with E-state index in [4.69, 9.17) is 0 Å². The molecule has 3 unspecified atom stereocenters.